The van der Waals surface area contributed by atoms with Crippen LogP contribution in [0.1, 0.15) is 23.2 Å². The maximum Gasteiger partial charge on any atom is 0.271 e. The maximum atomic E-state index is 11.5. The summed E-state index contributed by atoms with van der Waals surface area (Å²) in [4.78, 5) is 37.7. The summed E-state index contributed by atoms with van der Waals surface area (Å²) in [5.74, 6) is -0.740. The molecule has 0 bridgehead atoms. The van der Waals surface area contributed by atoms with Crippen molar-refractivity contribution < 1.29 is 9.59 Å². The predicted molar refractivity (Wildman–Crippen MR) is 57.2 cm³/mol. The lowest BCUT2D eigenvalue weighted by Crippen LogP contribution is -2.30. The van der Waals surface area contributed by atoms with E-state index >= 15 is 0 Å². The molecule has 0 spiro atoms. The van der Waals surface area contributed by atoms with Gasteiger partial charge in [-0.15, -0.1) is 0 Å². The summed E-state index contributed by atoms with van der Waals surface area (Å²) in [5.41, 5.74) is 5.10. The van der Waals surface area contributed by atoms with Gasteiger partial charge in [-0.25, -0.2) is 0 Å². The van der Waals surface area contributed by atoms with E-state index in [9.17, 15) is 14.4 Å². The molecule has 6 nitrogen and oxygen atoms in total. The molecule has 84 valence electrons. The fraction of sp³-hybridized carbons (Fsp3) is 0.300. The number of pyridine rings is 1. The van der Waals surface area contributed by atoms with Crippen molar-refractivity contribution in [1.29, 1.82) is 0 Å². The molecule has 1 saturated heterocycles. The van der Waals surface area contributed by atoms with Gasteiger partial charge in [-0.2, -0.15) is 0 Å². The first kappa shape index (κ1) is 10.4. The minimum atomic E-state index is -0.635. The van der Waals surface area contributed by atoms with Gasteiger partial charge in [0.15, 0.2) is 0 Å². The standard InChI is InChI=1S/C10H11N3O3/c11-9(15)6-4-7(10(16)12-5-6)13-3-1-2-8(13)14/h4-5H,1-3H2,(H2,11,15)(H,12,16). The highest BCUT2D eigenvalue weighted by molar-refractivity contribution is 5.98. The molecule has 2 rings (SSSR count). The number of primary amides is 1. The van der Waals surface area contributed by atoms with Crippen LogP contribution >= 0.6 is 0 Å². The van der Waals surface area contributed by atoms with Gasteiger partial charge >= 0.3 is 0 Å². The summed E-state index contributed by atoms with van der Waals surface area (Å²) in [6, 6.07) is 1.35. The molecular formula is C10H11N3O3. The summed E-state index contributed by atoms with van der Waals surface area (Å²) >= 11 is 0. The van der Waals surface area contributed by atoms with Gasteiger partial charge < -0.3 is 15.6 Å². The number of carbonyl (C=O) groups is 2. The van der Waals surface area contributed by atoms with Gasteiger partial charge in [-0.1, -0.05) is 0 Å². The molecule has 0 unspecified atom stereocenters. The van der Waals surface area contributed by atoms with E-state index < -0.39 is 5.91 Å². The molecule has 16 heavy (non-hydrogen) atoms. The minimum absolute atomic E-state index is 0.105. The first-order valence-electron chi connectivity index (χ1n) is 4.92. The number of nitrogens with one attached hydrogen (secondary N) is 1. The van der Waals surface area contributed by atoms with Crippen molar-refractivity contribution in [3.8, 4) is 0 Å². The number of hydrogen-bond acceptors (Lipinski definition) is 3. The fourth-order valence-electron chi connectivity index (χ4n) is 1.72. The van der Waals surface area contributed by atoms with Gasteiger partial charge in [0.1, 0.15) is 5.69 Å². The monoisotopic (exact) mass is 221 g/mol. The van der Waals surface area contributed by atoms with Crippen LogP contribution in [0.4, 0.5) is 5.69 Å². The van der Waals surface area contributed by atoms with E-state index in [4.69, 9.17) is 5.73 Å². The first-order chi connectivity index (χ1) is 7.59. The molecule has 2 heterocycles. The lowest BCUT2D eigenvalue weighted by molar-refractivity contribution is -0.117. The van der Waals surface area contributed by atoms with Crippen LogP contribution in [0.25, 0.3) is 0 Å². The molecule has 1 fully saturated rings. The molecule has 1 aliphatic heterocycles. The smallest absolute Gasteiger partial charge is 0.271 e. The Labute approximate surface area is 91.1 Å². The predicted octanol–water partition coefficient (Wildman–Crippen LogP) is -0.399. The van der Waals surface area contributed by atoms with Crippen molar-refractivity contribution in [1.82, 2.24) is 4.98 Å². The number of nitrogens with two attached hydrogens (primary N) is 1. The highest BCUT2D eigenvalue weighted by atomic mass is 16.2. The molecule has 0 radical (unpaired) electrons. The molecule has 3 N–H and O–H groups in total. The Kier molecular flexibility index (Phi) is 2.47. The van der Waals surface area contributed by atoms with Crippen molar-refractivity contribution in [3.05, 3.63) is 28.2 Å². The molecular weight excluding hydrogens is 210 g/mol. The number of carbonyl (C=O) groups excluding carboxylic acids is 2. The molecule has 1 aromatic heterocycles. The van der Waals surface area contributed by atoms with Crippen LogP contribution in [0.2, 0.25) is 0 Å². The number of rotatable bonds is 2. The quantitative estimate of drug-likeness (QED) is 0.711. The second-order valence-electron chi connectivity index (χ2n) is 3.62. The second kappa shape index (κ2) is 3.80. The molecule has 0 atom stereocenters. The summed E-state index contributed by atoms with van der Waals surface area (Å²) < 4.78 is 0. The van der Waals surface area contributed by atoms with Gasteiger partial charge in [0.2, 0.25) is 11.8 Å². The highest BCUT2D eigenvalue weighted by Gasteiger charge is 2.24. The largest absolute Gasteiger partial charge is 0.366 e. The third-order valence-electron chi connectivity index (χ3n) is 2.53. The van der Waals surface area contributed by atoms with Gasteiger partial charge in [0, 0.05) is 19.2 Å². The lowest BCUT2D eigenvalue weighted by atomic mass is 10.2. The molecule has 0 aliphatic carbocycles. The number of anilines is 1. The van der Waals surface area contributed by atoms with E-state index in [1.165, 1.54) is 17.2 Å². The molecule has 1 aromatic rings. The average Bonchev–Trinajstić information content (AvgIpc) is 2.65. The van der Waals surface area contributed by atoms with Crippen molar-refractivity contribution in [2.75, 3.05) is 11.4 Å². The third-order valence-corrected chi connectivity index (χ3v) is 2.53. The van der Waals surface area contributed by atoms with Crippen LogP contribution in [-0.4, -0.2) is 23.3 Å². The summed E-state index contributed by atoms with van der Waals surface area (Å²) in [7, 11) is 0. The Bertz CT molecular complexity index is 506. The number of aromatic amines is 1. The van der Waals surface area contributed by atoms with E-state index in [1.54, 1.807) is 0 Å². The summed E-state index contributed by atoms with van der Waals surface area (Å²) in [6.45, 7) is 0.504. The molecule has 2 amide bonds. The molecule has 6 heteroatoms. The Morgan fingerprint density at radius 2 is 2.19 bits per heavy atom. The van der Waals surface area contributed by atoms with E-state index in [-0.39, 0.29) is 22.7 Å². The number of aromatic nitrogens is 1. The van der Waals surface area contributed by atoms with Crippen molar-refractivity contribution >= 4 is 17.5 Å². The molecule has 1 aliphatic rings. The lowest BCUT2D eigenvalue weighted by Gasteiger charge is -2.14. The van der Waals surface area contributed by atoms with Gasteiger partial charge in [-0.3, -0.25) is 14.4 Å². The Morgan fingerprint density at radius 3 is 2.75 bits per heavy atom. The molecule has 0 aromatic carbocycles. The Balaban J connectivity index is 2.47. The van der Waals surface area contributed by atoms with Crippen molar-refractivity contribution in [2.45, 2.75) is 12.8 Å². The van der Waals surface area contributed by atoms with E-state index in [1.807, 2.05) is 0 Å². The SMILES string of the molecule is NC(=O)c1c[nH]c(=O)c(N2CCCC2=O)c1. The molecule has 0 saturated carbocycles. The average molecular weight is 221 g/mol. The van der Waals surface area contributed by atoms with E-state index in [0.717, 1.165) is 6.42 Å². The third kappa shape index (κ3) is 1.69. The van der Waals surface area contributed by atoms with Crippen molar-refractivity contribution in [2.24, 2.45) is 5.73 Å². The summed E-state index contributed by atoms with van der Waals surface area (Å²) in [6.07, 6.45) is 2.40. The highest BCUT2D eigenvalue weighted by Crippen LogP contribution is 2.17. The van der Waals surface area contributed by atoms with Gasteiger partial charge in [0.05, 0.1) is 5.56 Å². The van der Waals surface area contributed by atoms with Crippen LogP contribution in [-0.2, 0) is 4.79 Å². The van der Waals surface area contributed by atoms with Crippen LogP contribution in [0, 0.1) is 0 Å². The number of hydrogen-bond donors (Lipinski definition) is 2. The maximum absolute atomic E-state index is 11.5. The van der Waals surface area contributed by atoms with Gasteiger partial charge in [0.25, 0.3) is 5.56 Å². The van der Waals surface area contributed by atoms with Gasteiger partial charge in [-0.05, 0) is 12.5 Å². The Hall–Kier alpha value is -2.11. The van der Waals surface area contributed by atoms with Crippen LogP contribution < -0.4 is 16.2 Å². The normalized spacial score (nSPS) is 15.5. The fourth-order valence-corrected chi connectivity index (χ4v) is 1.72. The number of H-pyrrole nitrogens is 1. The first-order valence-corrected chi connectivity index (χ1v) is 4.92. The van der Waals surface area contributed by atoms with Crippen LogP contribution in [0.5, 0.6) is 0 Å². The zero-order chi connectivity index (χ0) is 11.7. The van der Waals surface area contributed by atoms with Crippen LogP contribution in [0.15, 0.2) is 17.1 Å². The second-order valence-corrected chi connectivity index (χ2v) is 3.62. The topological polar surface area (TPSA) is 96.3 Å². The minimum Gasteiger partial charge on any atom is -0.366 e. The number of amides is 2. The Morgan fingerprint density at radius 1 is 1.44 bits per heavy atom. The zero-order valence-corrected chi connectivity index (χ0v) is 8.53. The van der Waals surface area contributed by atoms with E-state index in [2.05, 4.69) is 4.98 Å². The van der Waals surface area contributed by atoms with Crippen LogP contribution in [0.3, 0.4) is 0 Å². The van der Waals surface area contributed by atoms with E-state index in [0.29, 0.717) is 13.0 Å². The van der Waals surface area contributed by atoms with Crippen molar-refractivity contribution in [3.63, 3.8) is 0 Å². The summed E-state index contributed by atoms with van der Waals surface area (Å²) in [5, 5.41) is 0. The zero-order valence-electron chi connectivity index (χ0n) is 8.53. The number of nitrogens with zero attached hydrogens (tertiary/aromatic N) is 1.